The number of nitrogen functional groups attached to an aromatic ring is 1. The molecule has 0 aliphatic carbocycles. The van der Waals surface area contributed by atoms with Crippen LogP contribution < -0.4 is 16.4 Å². The quantitative estimate of drug-likeness (QED) is 0.331. The lowest BCUT2D eigenvalue weighted by Gasteiger charge is -2.13. The van der Waals surface area contributed by atoms with E-state index in [1.54, 1.807) is 26.2 Å². The molecule has 0 fully saturated rings. The number of hydrogen-bond donors (Lipinski definition) is 4. The van der Waals surface area contributed by atoms with E-state index in [4.69, 9.17) is 11.1 Å². The van der Waals surface area contributed by atoms with E-state index >= 15 is 0 Å². The SMILES string of the molecule is CN(C)C(=O)Nc1cncc(-c2ccc(N)c(C(=N)C(=O)Nc3ccc(C(F)(F)F)nc3)c2)c1. The number of hydrogen-bond acceptors (Lipinski definition) is 6. The molecule has 0 saturated heterocycles. The van der Waals surface area contributed by atoms with Crippen molar-refractivity contribution < 1.29 is 22.8 Å². The Morgan fingerprint density at radius 3 is 2.32 bits per heavy atom. The lowest BCUT2D eigenvalue weighted by atomic mass is 10.00. The van der Waals surface area contributed by atoms with Crippen LogP contribution in [0, 0.1) is 5.41 Å². The summed E-state index contributed by atoms with van der Waals surface area (Å²) in [5.74, 6) is -0.879. The van der Waals surface area contributed by atoms with Gasteiger partial charge in [-0.05, 0) is 35.9 Å². The van der Waals surface area contributed by atoms with Crippen LogP contribution in [0.25, 0.3) is 11.1 Å². The lowest BCUT2D eigenvalue weighted by Crippen LogP contribution is -2.27. The minimum atomic E-state index is -4.61. The van der Waals surface area contributed by atoms with Gasteiger partial charge in [-0.15, -0.1) is 0 Å². The van der Waals surface area contributed by atoms with Gasteiger partial charge < -0.3 is 21.3 Å². The smallest absolute Gasteiger partial charge is 0.398 e. The molecule has 176 valence electrons. The zero-order chi connectivity index (χ0) is 25.0. The number of nitrogens with two attached hydrogens (primary N) is 1. The van der Waals surface area contributed by atoms with Gasteiger partial charge in [0.15, 0.2) is 0 Å². The highest BCUT2D eigenvalue weighted by Crippen LogP contribution is 2.28. The second-order valence-corrected chi connectivity index (χ2v) is 7.35. The molecule has 0 spiro atoms. The molecule has 2 aromatic heterocycles. The Morgan fingerprint density at radius 1 is 0.971 bits per heavy atom. The zero-order valence-corrected chi connectivity index (χ0v) is 18.1. The van der Waals surface area contributed by atoms with Gasteiger partial charge in [0, 0.05) is 37.1 Å². The summed E-state index contributed by atoms with van der Waals surface area (Å²) in [6.45, 7) is 0. The molecular formula is C22H20F3N7O2. The Labute approximate surface area is 192 Å². The second-order valence-electron chi connectivity index (χ2n) is 7.35. The highest BCUT2D eigenvalue weighted by molar-refractivity contribution is 6.48. The van der Waals surface area contributed by atoms with Crippen molar-refractivity contribution in [1.82, 2.24) is 14.9 Å². The molecular weight excluding hydrogens is 451 g/mol. The van der Waals surface area contributed by atoms with E-state index < -0.39 is 23.5 Å². The molecule has 1 aromatic carbocycles. The summed E-state index contributed by atoms with van der Waals surface area (Å²) < 4.78 is 38.0. The van der Waals surface area contributed by atoms with Crippen LogP contribution in [0.3, 0.4) is 0 Å². The number of nitrogens with one attached hydrogen (secondary N) is 3. The third-order valence-corrected chi connectivity index (χ3v) is 4.59. The van der Waals surface area contributed by atoms with E-state index in [0.29, 0.717) is 16.8 Å². The maximum Gasteiger partial charge on any atom is 0.433 e. The minimum Gasteiger partial charge on any atom is -0.398 e. The first-order valence-corrected chi connectivity index (χ1v) is 9.72. The van der Waals surface area contributed by atoms with Crippen LogP contribution in [-0.2, 0) is 11.0 Å². The average Bonchev–Trinajstić information content (AvgIpc) is 2.78. The fourth-order valence-corrected chi connectivity index (χ4v) is 2.81. The fourth-order valence-electron chi connectivity index (χ4n) is 2.81. The number of aromatic nitrogens is 2. The van der Waals surface area contributed by atoms with Crippen LogP contribution in [0.2, 0.25) is 0 Å². The molecule has 0 atom stereocenters. The van der Waals surface area contributed by atoms with E-state index in [9.17, 15) is 22.8 Å². The molecule has 5 N–H and O–H groups in total. The summed E-state index contributed by atoms with van der Waals surface area (Å²) in [4.78, 5) is 33.1. The van der Waals surface area contributed by atoms with Gasteiger partial charge in [-0.3, -0.25) is 15.2 Å². The first-order valence-electron chi connectivity index (χ1n) is 9.72. The Morgan fingerprint density at radius 2 is 1.71 bits per heavy atom. The number of amides is 3. The van der Waals surface area contributed by atoms with Crippen LogP contribution in [0.1, 0.15) is 11.3 Å². The molecule has 2 heterocycles. The number of alkyl halides is 3. The number of benzene rings is 1. The standard InChI is InChI=1S/C22H20F3N7O2/c1-32(2)21(34)31-15-7-13(9-28-10-15)12-3-5-17(26)16(8-12)19(27)20(33)30-14-4-6-18(29-11-14)22(23,24)25/h3-11,27H,26H2,1-2H3,(H,30,33)(H,31,34). The van der Waals surface area contributed by atoms with Crippen LogP contribution in [-0.4, -0.2) is 46.6 Å². The third-order valence-electron chi connectivity index (χ3n) is 4.59. The number of nitrogens with zero attached hydrogens (tertiary/aromatic N) is 3. The maximum atomic E-state index is 12.7. The number of urea groups is 1. The Hall–Kier alpha value is -4.48. The van der Waals surface area contributed by atoms with Gasteiger partial charge in [0.1, 0.15) is 11.4 Å². The summed E-state index contributed by atoms with van der Waals surface area (Å²) in [7, 11) is 3.19. The summed E-state index contributed by atoms with van der Waals surface area (Å²) >= 11 is 0. The van der Waals surface area contributed by atoms with Crippen molar-refractivity contribution in [3.8, 4) is 11.1 Å². The maximum absolute atomic E-state index is 12.7. The molecule has 0 saturated carbocycles. The largest absolute Gasteiger partial charge is 0.433 e. The number of carbonyl (C=O) groups excluding carboxylic acids is 2. The predicted octanol–water partition coefficient (Wildman–Crippen LogP) is 3.84. The van der Waals surface area contributed by atoms with Crippen molar-refractivity contribution in [3.63, 3.8) is 0 Å². The van der Waals surface area contributed by atoms with Crippen LogP contribution in [0.5, 0.6) is 0 Å². The van der Waals surface area contributed by atoms with Crippen molar-refractivity contribution in [2.45, 2.75) is 6.18 Å². The summed E-state index contributed by atoms with van der Waals surface area (Å²) in [5.41, 5.74) is 6.23. The number of carbonyl (C=O) groups is 2. The van der Waals surface area contributed by atoms with Crippen LogP contribution >= 0.6 is 0 Å². The minimum absolute atomic E-state index is 0.00832. The Bertz CT molecular complexity index is 1240. The van der Waals surface area contributed by atoms with Gasteiger partial charge in [0.2, 0.25) is 0 Å². The highest BCUT2D eigenvalue weighted by atomic mass is 19.4. The predicted molar refractivity (Wildman–Crippen MR) is 121 cm³/mol. The first kappa shape index (κ1) is 24.2. The van der Waals surface area contributed by atoms with Gasteiger partial charge in [-0.25, -0.2) is 9.78 Å². The molecule has 3 amide bonds. The second kappa shape index (κ2) is 9.57. The van der Waals surface area contributed by atoms with E-state index in [1.165, 1.54) is 29.4 Å². The summed E-state index contributed by atoms with van der Waals surface area (Å²) in [5, 5.41) is 13.2. The summed E-state index contributed by atoms with van der Waals surface area (Å²) in [6.07, 6.45) is -0.743. The number of rotatable bonds is 5. The molecule has 0 radical (unpaired) electrons. The van der Waals surface area contributed by atoms with Crippen LogP contribution in [0.15, 0.2) is 55.0 Å². The van der Waals surface area contributed by atoms with Crippen molar-refractivity contribution >= 4 is 34.7 Å². The van der Waals surface area contributed by atoms with E-state index in [1.807, 2.05) is 0 Å². The number of pyridine rings is 2. The molecule has 0 aliphatic rings. The number of halogens is 3. The van der Waals surface area contributed by atoms with Crippen molar-refractivity contribution in [2.75, 3.05) is 30.5 Å². The Kier molecular flexibility index (Phi) is 6.80. The Balaban J connectivity index is 1.81. The van der Waals surface area contributed by atoms with Gasteiger partial charge in [0.05, 0.1) is 23.8 Å². The first-order chi connectivity index (χ1) is 16.0. The van der Waals surface area contributed by atoms with E-state index in [0.717, 1.165) is 18.3 Å². The number of anilines is 3. The van der Waals surface area contributed by atoms with Crippen LogP contribution in [0.4, 0.5) is 35.0 Å². The van der Waals surface area contributed by atoms with Gasteiger partial charge in [0.25, 0.3) is 5.91 Å². The van der Waals surface area contributed by atoms with Crippen molar-refractivity contribution in [3.05, 3.63) is 66.2 Å². The third kappa shape index (κ3) is 5.65. The normalized spacial score (nSPS) is 11.0. The van der Waals surface area contributed by atoms with Gasteiger partial charge in [-0.1, -0.05) is 6.07 Å². The average molecular weight is 471 g/mol. The topological polar surface area (TPSA) is 137 Å². The molecule has 0 bridgehead atoms. The monoisotopic (exact) mass is 471 g/mol. The van der Waals surface area contributed by atoms with Gasteiger partial charge in [-0.2, -0.15) is 13.2 Å². The lowest BCUT2D eigenvalue weighted by molar-refractivity contribution is -0.141. The van der Waals surface area contributed by atoms with Crippen molar-refractivity contribution in [1.29, 1.82) is 5.41 Å². The van der Waals surface area contributed by atoms with Crippen molar-refractivity contribution in [2.24, 2.45) is 0 Å². The highest BCUT2D eigenvalue weighted by Gasteiger charge is 2.32. The fraction of sp³-hybridized carbons (Fsp3) is 0.136. The molecule has 0 aliphatic heterocycles. The molecule has 34 heavy (non-hydrogen) atoms. The summed E-state index contributed by atoms with van der Waals surface area (Å²) in [6, 6.07) is 7.78. The molecule has 3 aromatic rings. The van der Waals surface area contributed by atoms with E-state index in [2.05, 4.69) is 20.6 Å². The molecule has 0 unspecified atom stereocenters. The van der Waals surface area contributed by atoms with E-state index in [-0.39, 0.29) is 23.0 Å². The molecule has 12 heteroatoms. The zero-order valence-electron chi connectivity index (χ0n) is 18.1. The van der Waals surface area contributed by atoms with Gasteiger partial charge >= 0.3 is 12.2 Å². The molecule has 9 nitrogen and oxygen atoms in total. The molecule has 3 rings (SSSR count).